The summed E-state index contributed by atoms with van der Waals surface area (Å²) < 4.78 is 63.3. The van der Waals surface area contributed by atoms with E-state index in [0.717, 1.165) is 19.0 Å². The Morgan fingerprint density at radius 3 is 2.28 bits per heavy atom. The van der Waals surface area contributed by atoms with Crippen LogP contribution in [0.15, 0.2) is 18.2 Å². The van der Waals surface area contributed by atoms with Crippen LogP contribution in [-0.4, -0.2) is 55.0 Å². The molecule has 0 aliphatic carbocycles. The van der Waals surface area contributed by atoms with Crippen molar-refractivity contribution in [3.63, 3.8) is 0 Å². The summed E-state index contributed by atoms with van der Waals surface area (Å²) in [4.78, 5) is 11.0. The summed E-state index contributed by atoms with van der Waals surface area (Å²) in [6.07, 6.45) is -4.26. The van der Waals surface area contributed by atoms with Crippen molar-refractivity contribution in [2.75, 3.05) is 26.8 Å². The fourth-order valence-electron chi connectivity index (χ4n) is 2.55. The monoisotopic (exact) mass is 370 g/mol. The van der Waals surface area contributed by atoms with Gasteiger partial charge in [-0.2, -0.15) is 13.2 Å². The summed E-state index contributed by atoms with van der Waals surface area (Å²) in [5.41, 5.74) is 6.65. The van der Waals surface area contributed by atoms with Crippen LogP contribution in [0.25, 0.3) is 0 Å². The second kappa shape index (κ2) is 9.07. The molecule has 2 rings (SSSR count). The quantitative estimate of drug-likeness (QED) is 0.796. The van der Waals surface area contributed by atoms with Crippen molar-refractivity contribution in [1.29, 1.82) is 0 Å². The normalized spacial score (nSPS) is 20.9. The van der Waals surface area contributed by atoms with Gasteiger partial charge >= 0.3 is 12.1 Å². The van der Waals surface area contributed by atoms with E-state index in [2.05, 4.69) is 4.90 Å². The topological polar surface area (TPSA) is 75.8 Å². The summed E-state index contributed by atoms with van der Waals surface area (Å²) in [5, 5.41) is 7.12. The lowest BCUT2D eigenvalue weighted by Gasteiger charge is -2.26. The Balaban J connectivity index is 0.000000381. The minimum atomic E-state index is -5.08. The maximum Gasteiger partial charge on any atom is 0.490 e. The van der Waals surface area contributed by atoms with E-state index in [4.69, 9.17) is 20.4 Å². The van der Waals surface area contributed by atoms with Gasteiger partial charge in [0.1, 0.15) is 11.6 Å². The molecule has 25 heavy (non-hydrogen) atoms. The molecule has 1 fully saturated rings. The van der Waals surface area contributed by atoms with Crippen molar-refractivity contribution in [3.8, 4) is 0 Å². The third-order valence-corrected chi connectivity index (χ3v) is 3.60. The zero-order valence-electron chi connectivity index (χ0n) is 13.4. The van der Waals surface area contributed by atoms with E-state index in [1.165, 1.54) is 12.1 Å². The molecule has 1 aromatic carbocycles. The minimum absolute atomic E-state index is 0.0944. The molecule has 2 unspecified atom stereocenters. The first-order chi connectivity index (χ1) is 11.6. The highest BCUT2D eigenvalue weighted by Gasteiger charge is 2.38. The van der Waals surface area contributed by atoms with Gasteiger partial charge in [0, 0.05) is 32.3 Å². The highest BCUT2D eigenvalue weighted by molar-refractivity contribution is 5.73. The number of hydrogen-bond donors (Lipinski definition) is 2. The maximum absolute atomic E-state index is 13.3. The number of alkyl halides is 3. The molecular weight excluding hydrogens is 351 g/mol. The number of methoxy groups -OCH3 is 1. The predicted octanol–water partition coefficient (Wildman–Crippen LogP) is 2.32. The van der Waals surface area contributed by atoms with Crippen LogP contribution in [0.3, 0.4) is 0 Å². The van der Waals surface area contributed by atoms with Gasteiger partial charge in [-0.3, -0.25) is 4.90 Å². The van der Waals surface area contributed by atoms with Gasteiger partial charge in [0.15, 0.2) is 0 Å². The van der Waals surface area contributed by atoms with Crippen LogP contribution in [0.5, 0.6) is 0 Å². The van der Waals surface area contributed by atoms with Crippen molar-refractivity contribution >= 4 is 5.97 Å². The van der Waals surface area contributed by atoms with Crippen LogP contribution in [0, 0.1) is 11.6 Å². The largest absolute Gasteiger partial charge is 0.490 e. The van der Waals surface area contributed by atoms with Crippen LogP contribution in [0.4, 0.5) is 22.0 Å². The summed E-state index contributed by atoms with van der Waals surface area (Å²) in [7, 11) is 1.63. The molecule has 2 atom stereocenters. The molecule has 1 aliphatic rings. The second-order valence-corrected chi connectivity index (χ2v) is 5.43. The molecule has 1 aliphatic heterocycles. The summed E-state index contributed by atoms with van der Waals surface area (Å²) >= 11 is 0. The highest BCUT2D eigenvalue weighted by Crippen LogP contribution is 2.31. The number of hydrogen-bond acceptors (Lipinski definition) is 4. The number of carboxylic acids is 1. The number of halogens is 5. The first kappa shape index (κ1) is 21.3. The highest BCUT2D eigenvalue weighted by atomic mass is 19.4. The number of aliphatic carboxylic acids is 1. The van der Waals surface area contributed by atoms with E-state index in [1.807, 2.05) is 0 Å². The lowest BCUT2D eigenvalue weighted by molar-refractivity contribution is -0.192. The molecular formula is C15H19F5N2O3. The number of rotatable bonds is 4. The van der Waals surface area contributed by atoms with E-state index >= 15 is 0 Å². The van der Waals surface area contributed by atoms with Crippen molar-refractivity contribution < 1.29 is 36.6 Å². The number of nitrogens with zero attached hydrogens (tertiary/aromatic N) is 1. The third kappa shape index (κ3) is 6.56. The fraction of sp³-hybridized carbons (Fsp3) is 0.533. The molecule has 1 heterocycles. The number of ether oxygens (including phenoxy) is 1. The van der Waals surface area contributed by atoms with Crippen LogP contribution >= 0.6 is 0 Å². The standard InChI is InChI=1S/C13H18F2N2O.C2HF3O2/c1-18-5-4-17-3-2-12(16)13(17)9-6-10(14)8-11(15)7-9;3-2(4,5)1(6)7/h6-8,12-13H,2-5,16H2,1H3;(H,6,7). The Bertz CT molecular complexity index is 563. The lowest BCUT2D eigenvalue weighted by atomic mass is 10.0. The molecule has 0 bridgehead atoms. The van der Waals surface area contributed by atoms with Crippen LogP contribution in [0.2, 0.25) is 0 Å². The van der Waals surface area contributed by atoms with Gasteiger partial charge in [-0.25, -0.2) is 13.6 Å². The van der Waals surface area contributed by atoms with E-state index < -0.39 is 23.8 Å². The zero-order valence-corrected chi connectivity index (χ0v) is 13.4. The van der Waals surface area contributed by atoms with E-state index in [-0.39, 0.29) is 12.1 Å². The average molecular weight is 370 g/mol. The lowest BCUT2D eigenvalue weighted by Crippen LogP contribution is -2.33. The molecule has 3 N–H and O–H groups in total. The third-order valence-electron chi connectivity index (χ3n) is 3.60. The maximum atomic E-state index is 13.3. The Labute approximate surface area is 141 Å². The van der Waals surface area contributed by atoms with E-state index in [0.29, 0.717) is 18.7 Å². The first-order valence-corrected chi connectivity index (χ1v) is 7.31. The van der Waals surface area contributed by atoms with Crippen LogP contribution < -0.4 is 5.73 Å². The number of likely N-dealkylation sites (tertiary alicyclic amines) is 1. The Hall–Kier alpha value is -1.78. The molecule has 0 spiro atoms. The summed E-state index contributed by atoms with van der Waals surface area (Å²) in [6, 6.07) is 3.37. The molecule has 0 aromatic heterocycles. The minimum Gasteiger partial charge on any atom is -0.475 e. The Morgan fingerprint density at radius 2 is 1.84 bits per heavy atom. The fourth-order valence-corrected chi connectivity index (χ4v) is 2.55. The molecule has 0 saturated carbocycles. The molecule has 1 saturated heterocycles. The first-order valence-electron chi connectivity index (χ1n) is 7.31. The van der Waals surface area contributed by atoms with Crippen molar-refractivity contribution in [1.82, 2.24) is 4.90 Å². The Morgan fingerprint density at radius 1 is 1.32 bits per heavy atom. The Kier molecular flexibility index (Phi) is 7.71. The van der Waals surface area contributed by atoms with Gasteiger partial charge in [0.05, 0.1) is 12.6 Å². The zero-order chi connectivity index (χ0) is 19.2. The summed E-state index contributed by atoms with van der Waals surface area (Å²) in [6.45, 7) is 2.13. The smallest absolute Gasteiger partial charge is 0.475 e. The van der Waals surface area contributed by atoms with E-state index in [9.17, 15) is 22.0 Å². The number of carbonyl (C=O) groups is 1. The second-order valence-electron chi connectivity index (χ2n) is 5.43. The van der Waals surface area contributed by atoms with Gasteiger partial charge in [-0.05, 0) is 24.1 Å². The molecule has 0 radical (unpaired) electrons. The van der Waals surface area contributed by atoms with E-state index in [1.54, 1.807) is 7.11 Å². The van der Waals surface area contributed by atoms with Gasteiger partial charge < -0.3 is 15.6 Å². The summed E-state index contributed by atoms with van der Waals surface area (Å²) in [5.74, 6) is -3.88. The van der Waals surface area contributed by atoms with Gasteiger partial charge in [-0.1, -0.05) is 0 Å². The van der Waals surface area contributed by atoms with Crippen molar-refractivity contribution in [2.24, 2.45) is 5.73 Å². The molecule has 1 aromatic rings. The SMILES string of the molecule is COCCN1CCC(N)C1c1cc(F)cc(F)c1.O=C(O)C(F)(F)F. The number of carboxylic acid groups (broad SMARTS) is 1. The number of nitrogens with two attached hydrogens (primary N) is 1. The van der Waals surface area contributed by atoms with Gasteiger partial charge in [0.2, 0.25) is 0 Å². The molecule has 142 valence electrons. The van der Waals surface area contributed by atoms with Gasteiger partial charge in [-0.15, -0.1) is 0 Å². The van der Waals surface area contributed by atoms with Crippen molar-refractivity contribution in [2.45, 2.75) is 24.7 Å². The van der Waals surface area contributed by atoms with Crippen LogP contribution in [0.1, 0.15) is 18.0 Å². The van der Waals surface area contributed by atoms with Gasteiger partial charge in [0.25, 0.3) is 0 Å². The molecule has 10 heteroatoms. The average Bonchev–Trinajstić information content (AvgIpc) is 2.84. The predicted molar refractivity (Wildman–Crippen MR) is 78.8 cm³/mol. The van der Waals surface area contributed by atoms with Crippen molar-refractivity contribution in [3.05, 3.63) is 35.4 Å². The number of benzene rings is 1. The molecule has 5 nitrogen and oxygen atoms in total. The van der Waals surface area contributed by atoms with Crippen LogP contribution in [-0.2, 0) is 9.53 Å². The molecule has 0 amide bonds.